The van der Waals surface area contributed by atoms with Crippen molar-refractivity contribution in [1.82, 2.24) is 4.98 Å². The minimum atomic E-state index is -0.925. The van der Waals surface area contributed by atoms with Crippen molar-refractivity contribution >= 4 is 11.5 Å². The number of ether oxygens (including phenoxy) is 1. The lowest BCUT2D eigenvalue weighted by Crippen LogP contribution is -2.29. The first-order valence-electron chi connectivity index (χ1n) is 11.4. The number of nitrogens with one attached hydrogen (secondary N) is 1. The molecule has 4 heteroatoms. The highest BCUT2D eigenvalue weighted by atomic mass is 16.5. The van der Waals surface area contributed by atoms with Crippen molar-refractivity contribution in [2.75, 3.05) is 0 Å². The van der Waals surface area contributed by atoms with Crippen LogP contribution >= 0.6 is 0 Å². The third-order valence-corrected chi connectivity index (χ3v) is 6.22. The van der Waals surface area contributed by atoms with E-state index in [-0.39, 0.29) is 5.56 Å². The van der Waals surface area contributed by atoms with Gasteiger partial charge in [0, 0.05) is 17.0 Å². The van der Waals surface area contributed by atoms with Gasteiger partial charge in [0.05, 0.1) is 5.56 Å². The minimum Gasteiger partial charge on any atom is -0.483 e. The number of carbonyl (C=O) groups is 1. The van der Waals surface area contributed by atoms with E-state index in [4.69, 9.17) is 9.84 Å². The third-order valence-electron chi connectivity index (χ3n) is 6.22. The average molecular weight is 450 g/mol. The van der Waals surface area contributed by atoms with Crippen molar-refractivity contribution in [3.63, 3.8) is 0 Å². The van der Waals surface area contributed by atoms with E-state index in [1.165, 1.54) is 16.7 Å². The zero-order valence-electron chi connectivity index (χ0n) is 19.8. The second-order valence-electron chi connectivity index (χ2n) is 9.47. The zero-order valence-corrected chi connectivity index (χ0v) is 19.8. The van der Waals surface area contributed by atoms with Gasteiger partial charge in [-0.05, 0) is 98.0 Å². The number of aromatic nitrogens is 1. The predicted molar refractivity (Wildman–Crippen MR) is 136 cm³/mol. The number of hydrogen-bond donors (Lipinski definition) is 2. The number of carboxylic acid groups (broad SMARTS) is 1. The highest BCUT2D eigenvalue weighted by molar-refractivity contribution is 5.89. The summed E-state index contributed by atoms with van der Waals surface area (Å²) in [5.74, 6) is -0.00560. The van der Waals surface area contributed by atoms with Crippen molar-refractivity contribution in [3.8, 4) is 28.3 Å². The molecule has 1 aliphatic heterocycles. The molecule has 34 heavy (non-hydrogen) atoms. The Morgan fingerprint density at radius 3 is 2.09 bits per heavy atom. The molecule has 0 spiro atoms. The van der Waals surface area contributed by atoms with Crippen LogP contribution in [-0.4, -0.2) is 21.7 Å². The molecule has 2 heterocycles. The first kappa shape index (κ1) is 21.8. The van der Waals surface area contributed by atoms with E-state index in [2.05, 4.69) is 81.2 Å². The molecule has 0 unspecified atom stereocenters. The molecule has 5 rings (SSSR count). The lowest BCUT2D eigenvalue weighted by molar-refractivity contribution is 0.0697. The number of aromatic carboxylic acids is 1. The van der Waals surface area contributed by atoms with Crippen molar-refractivity contribution in [3.05, 3.63) is 107 Å². The van der Waals surface area contributed by atoms with Gasteiger partial charge in [0.15, 0.2) is 0 Å². The molecule has 1 aliphatic rings. The lowest BCUT2D eigenvalue weighted by Gasteiger charge is -2.33. The highest BCUT2D eigenvalue weighted by Crippen LogP contribution is 2.43. The van der Waals surface area contributed by atoms with E-state index in [1.807, 2.05) is 18.2 Å². The fourth-order valence-corrected chi connectivity index (χ4v) is 4.48. The summed E-state index contributed by atoms with van der Waals surface area (Å²) in [5.41, 5.74) is 9.57. The molecule has 170 valence electrons. The topological polar surface area (TPSA) is 62.3 Å². The van der Waals surface area contributed by atoms with E-state index in [9.17, 15) is 4.79 Å². The Kier molecular flexibility index (Phi) is 5.17. The molecule has 0 saturated carbocycles. The number of carboxylic acids is 1. The molecule has 0 saturated heterocycles. The monoisotopic (exact) mass is 449 g/mol. The quantitative estimate of drug-likeness (QED) is 0.344. The summed E-state index contributed by atoms with van der Waals surface area (Å²) >= 11 is 0. The van der Waals surface area contributed by atoms with Crippen LogP contribution in [0.1, 0.15) is 46.5 Å². The molecule has 0 amide bonds. The number of hydrogen-bond acceptors (Lipinski definition) is 2. The van der Waals surface area contributed by atoms with Gasteiger partial charge in [-0.3, -0.25) is 0 Å². The van der Waals surface area contributed by atoms with Gasteiger partial charge in [-0.2, -0.15) is 0 Å². The summed E-state index contributed by atoms with van der Waals surface area (Å²) in [6, 6.07) is 23.9. The van der Waals surface area contributed by atoms with Gasteiger partial charge < -0.3 is 14.8 Å². The number of benzene rings is 3. The Morgan fingerprint density at radius 1 is 0.824 bits per heavy atom. The third kappa shape index (κ3) is 4.03. The number of aromatic amines is 1. The summed E-state index contributed by atoms with van der Waals surface area (Å²) in [4.78, 5) is 14.6. The molecule has 2 N–H and O–H groups in total. The molecule has 4 nitrogen and oxygen atoms in total. The molecular formula is C30H27NO3. The summed E-state index contributed by atoms with van der Waals surface area (Å²) in [6.07, 6.45) is 2.20. The first-order chi connectivity index (χ1) is 16.2. The van der Waals surface area contributed by atoms with Crippen LogP contribution in [0.2, 0.25) is 0 Å². The van der Waals surface area contributed by atoms with Crippen molar-refractivity contribution in [2.45, 2.75) is 33.3 Å². The van der Waals surface area contributed by atoms with Crippen LogP contribution in [0.25, 0.3) is 28.1 Å². The first-order valence-corrected chi connectivity index (χ1v) is 11.4. The number of rotatable bonds is 4. The maximum Gasteiger partial charge on any atom is 0.335 e. The predicted octanol–water partition coefficient (Wildman–Crippen LogP) is 7.27. The SMILES string of the molecule is Cc1ccc(C2=CC(C)(C)Oc3c(C)cc(-c4ccc(-c5ccc(C(=O)O)cc5)[nH]4)cc32)cc1. The molecule has 0 fully saturated rings. The Bertz CT molecular complexity index is 1420. The second-order valence-corrected chi connectivity index (χ2v) is 9.47. The molecule has 1 aromatic heterocycles. The Labute approximate surface area is 199 Å². The van der Waals surface area contributed by atoms with E-state index in [1.54, 1.807) is 12.1 Å². The van der Waals surface area contributed by atoms with Gasteiger partial charge in [-0.15, -0.1) is 0 Å². The van der Waals surface area contributed by atoms with Crippen LogP contribution in [0.5, 0.6) is 5.75 Å². The Balaban J connectivity index is 1.57. The normalized spacial score (nSPS) is 14.2. The van der Waals surface area contributed by atoms with Gasteiger partial charge in [0.25, 0.3) is 0 Å². The van der Waals surface area contributed by atoms with E-state index < -0.39 is 11.6 Å². The van der Waals surface area contributed by atoms with Gasteiger partial charge >= 0.3 is 5.97 Å². The molecule has 4 aromatic rings. The van der Waals surface area contributed by atoms with Crippen molar-refractivity contribution in [2.24, 2.45) is 0 Å². The summed E-state index contributed by atoms with van der Waals surface area (Å²) in [7, 11) is 0. The van der Waals surface area contributed by atoms with Gasteiger partial charge in [0.2, 0.25) is 0 Å². The van der Waals surface area contributed by atoms with Crippen LogP contribution in [0.3, 0.4) is 0 Å². The minimum absolute atomic E-state index is 0.277. The van der Waals surface area contributed by atoms with E-state index in [0.717, 1.165) is 39.4 Å². The molecule has 0 bridgehead atoms. The van der Waals surface area contributed by atoms with E-state index >= 15 is 0 Å². The second kappa shape index (κ2) is 8.07. The fraction of sp³-hybridized carbons (Fsp3) is 0.167. The maximum absolute atomic E-state index is 11.2. The summed E-state index contributed by atoms with van der Waals surface area (Å²) in [6.45, 7) is 8.36. The van der Waals surface area contributed by atoms with Crippen molar-refractivity contribution < 1.29 is 14.6 Å². The van der Waals surface area contributed by atoms with Crippen LogP contribution in [0.4, 0.5) is 0 Å². The van der Waals surface area contributed by atoms with Crippen LogP contribution in [0.15, 0.2) is 78.9 Å². The molecule has 0 atom stereocenters. The number of aryl methyl sites for hydroxylation is 2. The van der Waals surface area contributed by atoms with Gasteiger partial charge in [0.1, 0.15) is 11.4 Å². The van der Waals surface area contributed by atoms with Gasteiger partial charge in [-0.25, -0.2) is 4.79 Å². The van der Waals surface area contributed by atoms with Crippen LogP contribution < -0.4 is 4.74 Å². The molecule has 0 radical (unpaired) electrons. The molecular weight excluding hydrogens is 422 g/mol. The fourth-order valence-electron chi connectivity index (χ4n) is 4.48. The molecule has 3 aromatic carbocycles. The highest BCUT2D eigenvalue weighted by Gasteiger charge is 2.29. The smallest absolute Gasteiger partial charge is 0.335 e. The van der Waals surface area contributed by atoms with Crippen LogP contribution in [0, 0.1) is 13.8 Å². The maximum atomic E-state index is 11.2. The van der Waals surface area contributed by atoms with Gasteiger partial charge in [-0.1, -0.05) is 42.0 Å². The zero-order chi connectivity index (χ0) is 24.0. The molecule has 0 aliphatic carbocycles. The average Bonchev–Trinajstić information content (AvgIpc) is 3.30. The largest absolute Gasteiger partial charge is 0.483 e. The lowest BCUT2D eigenvalue weighted by atomic mass is 9.87. The summed E-state index contributed by atoms with van der Waals surface area (Å²) in [5, 5.41) is 9.15. The standard InChI is InChI=1S/C30H27NO3/c1-18-5-7-20(8-6-18)25-17-30(3,4)34-28-19(2)15-23(16-24(25)28)27-14-13-26(31-27)21-9-11-22(12-10-21)29(32)33/h5-17,31H,1-4H3,(H,32,33). The summed E-state index contributed by atoms with van der Waals surface area (Å²) < 4.78 is 6.39. The van der Waals surface area contributed by atoms with E-state index in [0.29, 0.717) is 0 Å². The van der Waals surface area contributed by atoms with Crippen LogP contribution in [-0.2, 0) is 0 Å². The Morgan fingerprint density at radius 2 is 1.44 bits per heavy atom. The number of fused-ring (bicyclic) bond motifs is 1. The number of H-pyrrole nitrogens is 1. The van der Waals surface area contributed by atoms with Crippen molar-refractivity contribution in [1.29, 1.82) is 0 Å². The Hall–Kier alpha value is -4.05.